The molecule has 0 aliphatic heterocycles. The molecule has 2 rings (SSSR count). The third kappa shape index (κ3) is 2.66. The highest BCUT2D eigenvalue weighted by Crippen LogP contribution is 2.17. The standard InChI is InChI=1S/C13H13N3O/c1-2-14-13(17)11-5-3-10(4-6-11)12-7-8-15-16-9-12/h3-9H,2H2,1H3,(H,14,17). The maximum Gasteiger partial charge on any atom is 0.251 e. The molecule has 0 radical (unpaired) electrons. The molecular formula is C13H13N3O. The zero-order chi connectivity index (χ0) is 12.1. The first-order valence-electron chi connectivity index (χ1n) is 5.46. The van der Waals surface area contributed by atoms with Gasteiger partial charge in [0.25, 0.3) is 5.91 Å². The van der Waals surface area contributed by atoms with Crippen LogP contribution in [0.25, 0.3) is 11.1 Å². The lowest BCUT2D eigenvalue weighted by atomic mass is 10.1. The van der Waals surface area contributed by atoms with Crippen LogP contribution in [0, 0.1) is 0 Å². The van der Waals surface area contributed by atoms with Gasteiger partial charge in [0.1, 0.15) is 0 Å². The van der Waals surface area contributed by atoms with Gasteiger partial charge in [-0.3, -0.25) is 4.79 Å². The van der Waals surface area contributed by atoms with E-state index in [2.05, 4.69) is 15.5 Å². The number of carbonyl (C=O) groups excluding carboxylic acids is 1. The van der Waals surface area contributed by atoms with Crippen LogP contribution in [0.4, 0.5) is 0 Å². The van der Waals surface area contributed by atoms with Crippen molar-refractivity contribution >= 4 is 5.91 Å². The fourth-order valence-electron chi connectivity index (χ4n) is 1.54. The van der Waals surface area contributed by atoms with Crippen LogP contribution in [-0.2, 0) is 0 Å². The Morgan fingerprint density at radius 2 is 1.88 bits per heavy atom. The van der Waals surface area contributed by atoms with Gasteiger partial charge in [0.05, 0.1) is 12.4 Å². The molecular weight excluding hydrogens is 214 g/mol. The highest BCUT2D eigenvalue weighted by molar-refractivity contribution is 5.94. The van der Waals surface area contributed by atoms with Gasteiger partial charge in [0.2, 0.25) is 0 Å². The number of rotatable bonds is 3. The van der Waals surface area contributed by atoms with E-state index in [1.54, 1.807) is 24.5 Å². The van der Waals surface area contributed by atoms with Crippen LogP contribution in [0.5, 0.6) is 0 Å². The second kappa shape index (κ2) is 5.21. The highest BCUT2D eigenvalue weighted by Gasteiger charge is 2.04. The Morgan fingerprint density at radius 3 is 2.47 bits per heavy atom. The summed E-state index contributed by atoms with van der Waals surface area (Å²) < 4.78 is 0. The summed E-state index contributed by atoms with van der Waals surface area (Å²) in [4.78, 5) is 11.6. The number of amides is 1. The molecule has 0 bridgehead atoms. The summed E-state index contributed by atoms with van der Waals surface area (Å²) in [5, 5.41) is 10.3. The predicted octanol–water partition coefficient (Wildman–Crippen LogP) is 1.89. The molecule has 17 heavy (non-hydrogen) atoms. The topological polar surface area (TPSA) is 54.9 Å². The molecule has 0 unspecified atom stereocenters. The van der Waals surface area contributed by atoms with Gasteiger partial charge < -0.3 is 5.32 Å². The molecule has 0 aliphatic carbocycles. The van der Waals surface area contributed by atoms with Crippen molar-refractivity contribution in [1.82, 2.24) is 15.5 Å². The van der Waals surface area contributed by atoms with Gasteiger partial charge in [-0.15, -0.1) is 0 Å². The zero-order valence-corrected chi connectivity index (χ0v) is 9.55. The molecule has 0 spiro atoms. The van der Waals surface area contributed by atoms with Crippen LogP contribution in [0.2, 0.25) is 0 Å². The van der Waals surface area contributed by atoms with Crippen molar-refractivity contribution in [1.29, 1.82) is 0 Å². The molecule has 0 fully saturated rings. The van der Waals surface area contributed by atoms with Crippen LogP contribution in [-0.4, -0.2) is 22.6 Å². The molecule has 4 heteroatoms. The van der Waals surface area contributed by atoms with Crippen molar-refractivity contribution in [2.24, 2.45) is 0 Å². The summed E-state index contributed by atoms with van der Waals surface area (Å²) in [6, 6.07) is 9.30. The first-order valence-corrected chi connectivity index (χ1v) is 5.46. The van der Waals surface area contributed by atoms with E-state index >= 15 is 0 Å². The lowest BCUT2D eigenvalue weighted by Crippen LogP contribution is -2.22. The van der Waals surface area contributed by atoms with Crippen molar-refractivity contribution in [2.75, 3.05) is 6.54 Å². The van der Waals surface area contributed by atoms with E-state index in [1.165, 1.54) is 0 Å². The maximum absolute atomic E-state index is 11.6. The first kappa shape index (κ1) is 11.3. The molecule has 2 aromatic rings. The van der Waals surface area contributed by atoms with Gasteiger partial charge in [0, 0.05) is 17.7 Å². The molecule has 0 atom stereocenters. The molecule has 86 valence electrons. The van der Waals surface area contributed by atoms with Crippen molar-refractivity contribution in [3.05, 3.63) is 48.3 Å². The van der Waals surface area contributed by atoms with E-state index in [-0.39, 0.29) is 5.91 Å². The van der Waals surface area contributed by atoms with Crippen molar-refractivity contribution < 1.29 is 4.79 Å². The number of aromatic nitrogens is 2. The van der Waals surface area contributed by atoms with E-state index in [4.69, 9.17) is 0 Å². The second-order valence-electron chi connectivity index (χ2n) is 3.57. The number of carbonyl (C=O) groups is 1. The third-order valence-electron chi connectivity index (χ3n) is 2.40. The largest absolute Gasteiger partial charge is 0.352 e. The van der Waals surface area contributed by atoms with Crippen molar-refractivity contribution in [3.8, 4) is 11.1 Å². The summed E-state index contributed by atoms with van der Waals surface area (Å²) in [7, 11) is 0. The summed E-state index contributed by atoms with van der Waals surface area (Å²) >= 11 is 0. The van der Waals surface area contributed by atoms with Crippen LogP contribution in [0.15, 0.2) is 42.7 Å². The molecule has 0 saturated carbocycles. The normalized spacial score (nSPS) is 9.94. The van der Waals surface area contributed by atoms with Gasteiger partial charge in [-0.2, -0.15) is 10.2 Å². The van der Waals surface area contributed by atoms with E-state index in [0.29, 0.717) is 12.1 Å². The minimum absolute atomic E-state index is 0.0492. The molecule has 1 aromatic carbocycles. The van der Waals surface area contributed by atoms with E-state index in [0.717, 1.165) is 11.1 Å². The van der Waals surface area contributed by atoms with Gasteiger partial charge in [-0.05, 0) is 30.7 Å². The summed E-state index contributed by atoms with van der Waals surface area (Å²) in [5.74, 6) is -0.0492. The Morgan fingerprint density at radius 1 is 1.12 bits per heavy atom. The Bertz CT molecular complexity index is 494. The van der Waals surface area contributed by atoms with Crippen molar-refractivity contribution in [3.63, 3.8) is 0 Å². The Kier molecular flexibility index (Phi) is 3.45. The van der Waals surface area contributed by atoms with Crippen LogP contribution >= 0.6 is 0 Å². The molecule has 1 aromatic heterocycles. The van der Waals surface area contributed by atoms with Gasteiger partial charge in [-0.1, -0.05) is 12.1 Å². The average molecular weight is 227 g/mol. The highest BCUT2D eigenvalue weighted by atomic mass is 16.1. The summed E-state index contributed by atoms with van der Waals surface area (Å²) in [6.07, 6.45) is 3.34. The van der Waals surface area contributed by atoms with Gasteiger partial charge in [-0.25, -0.2) is 0 Å². The second-order valence-corrected chi connectivity index (χ2v) is 3.57. The monoisotopic (exact) mass is 227 g/mol. The molecule has 1 N–H and O–H groups in total. The number of hydrogen-bond donors (Lipinski definition) is 1. The Hall–Kier alpha value is -2.23. The molecule has 0 aliphatic rings. The SMILES string of the molecule is CCNC(=O)c1ccc(-c2ccnnc2)cc1. The van der Waals surface area contributed by atoms with E-state index in [9.17, 15) is 4.79 Å². The number of nitrogens with one attached hydrogen (secondary N) is 1. The Balaban J connectivity index is 2.22. The van der Waals surface area contributed by atoms with Crippen LogP contribution in [0.3, 0.4) is 0 Å². The van der Waals surface area contributed by atoms with Crippen molar-refractivity contribution in [2.45, 2.75) is 6.92 Å². The predicted molar refractivity (Wildman–Crippen MR) is 65.5 cm³/mol. The summed E-state index contributed by atoms with van der Waals surface area (Å²) in [5.41, 5.74) is 2.67. The van der Waals surface area contributed by atoms with Gasteiger partial charge in [0.15, 0.2) is 0 Å². The number of benzene rings is 1. The molecule has 1 heterocycles. The minimum atomic E-state index is -0.0492. The van der Waals surface area contributed by atoms with E-state index in [1.807, 2.05) is 25.1 Å². The van der Waals surface area contributed by atoms with Crippen LogP contribution in [0.1, 0.15) is 17.3 Å². The lowest BCUT2D eigenvalue weighted by molar-refractivity contribution is 0.0956. The quantitative estimate of drug-likeness (QED) is 0.871. The first-order chi connectivity index (χ1) is 8.31. The molecule has 0 saturated heterocycles. The molecule has 4 nitrogen and oxygen atoms in total. The Labute approximate surface area is 99.7 Å². The lowest BCUT2D eigenvalue weighted by Gasteiger charge is -2.04. The fraction of sp³-hybridized carbons (Fsp3) is 0.154. The third-order valence-corrected chi connectivity index (χ3v) is 2.40. The smallest absolute Gasteiger partial charge is 0.251 e. The fourth-order valence-corrected chi connectivity index (χ4v) is 1.54. The number of hydrogen-bond acceptors (Lipinski definition) is 3. The van der Waals surface area contributed by atoms with E-state index < -0.39 is 0 Å². The zero-order valence-electron chi connectivity index (χ0n) is 9.55. The van der Waals surface area contributed by atoms with Gasteiger partial charge >= 0.3 is 0 Å². The maximum atomic E-state index is 11.6. The molecule has 1 amide bonds. The minimum Gasteiger partial charge on any atom is -0.352 e. The van der Waals surface area contributed by atoms with Crippen LogP contribution < -0.4 is 5.32 Å². The number of nitrogens with zero attached hydrogens (tertiary/aromatic N) is 2. The average Bonchev–Trinajstić information content (AvgIpc) is 2.40. The summed E-state index contributed by atoms with van der Waals surface area (Å²) in [6.45, 7) is 2.53.